The average molecular weight is 356 g/mol. The van der Waals surface area contributed by atoms with E-state index < -0.39 is 30.4 Å². The first-order valence-corrected chi connectivity index (χ1v) is 7.76. The summed E-state index contributed by atoms with van der Waals surface area (Å²) in [5.41, 5.74) is 6.04. The van der Waals surface area contributed by atoms with Gasteiger partial charge in [0, 0.05) is 11.1 Å². The quantitative estimate of drug-likeness (QED) is 0.743. The predicted octanol–water partition coefficient (Wildman–Crippen LogP) is 0.915. The van der Waals surface area contributed by atoms with E-state index >= 15 is 0 Å². The zero-order chi connectivity index (χ0) is 18.5. The highest BCUT2D eigenvalue weighted by Crippen LogP contribution is 2.32. The molecule has 0 fully saturated rings. The fraction of sp³-hybridized carbons (Fsp3) is 0.167. The smallest absolute Gasteiger partial charge is 0.326 e. The summed E-state index contributed by atoms with van der Waals surface area (Å²) in [6.45, 7) is -0.315. The van der Waals surface area contributed by atoms with Crippen molar-refractivity contribution < 1.29 is 28.6 Å². The number of hydrogen-bond donors (Lipinski definition) is 2. The van der Waals surface area contributed by atoms with Gasteiger partial charge in [-0.1, -0.05) is 30.3 Å². The number of ether oxygens (including phenoxy) is 3. The van der Waals surface area contributed by atoms with Gasteiger partial charge in [0.2, 0.25) is 12.9 Å². The highest BCUT2D eigenvalue weighted by atomic mass is 16.7. The van der Waals surface area contributed by atoms with E-state index in [9.17, 15) is 14.4 Å². The number of rotatable bonds is 6. The summed E-state index contributed by atoms with van der Waals surface area (Å²) in [5.74, 6) is -1.07. The van der Waals surface area contributed by atoms with Gasteiger partial charge >= 0.3 is 5.97 Å². The summed E-state index contributed by atoms with van der Waals surface area (Å²) in [6, 6.07) is 13.1. The van der Waals surface area contributed by atoms with Gasteiger partial charge in [-0.2, -0.15) is 0 Å². The Hall–Kier alpha value is -3.55. The standard InChI is InChI=1S/C18H16N2O6/c19-17(22)16(11-4-2-1-3-5-11)26-15(21)9-20-18(23)12-6-7-13-14(8-12)25-10-24-13/h1-8,16H,9-10H2,(H2,19,22)(H,20,23)/t16-/m1/s1. The van der Waals surface area contributed by atoms with Crippen LogP contribution in [0.1, 0.15) is 22.0 Å². The molecule has 3 rings (SSSR count). The lowest BCUT2D eigenvalue weighted by Crippen LogP contribution is -2.33. The van der Waals surface area contributed by atoms with E-state index in [0.29, 0.717) is 22.6 Å². The fourth-order valence-electron chi connectivity index (χ4n) is 2.38. The molecule has 1 heterocycles. The van der Waals surface area contributed by atoms with E-state index in [1.54, 1.807) is 42.5 Å². The molecule has 0 bridgehead atoms. The fourth-order valence-corrected chi connectivity index (χ4v) is 2.38. The topological polar surface area (TPSA) is 117 Å². The van der Waals surface area contributed by atoms with E-state index in [0.717, 1.165) is 0 Å². The lowest BCUT2D eigenvalue weighted by atomic mass is 10.1. The van der Waals surface area contributed by atoms with Gasteiger partial charge in [0.25, 0.3) is 11.8 Å². The van der Waals surface area contributed by atoms with Gasteiger partial charge in [-0.05, 0) is 18.2 Å². The third-order valence-corrected chi connectivity index (χ3v) is 3.64. The molecule has 1 aliphatic heterocycles. The van der Waals surface area contributed by atoms with E-state index in [2.05, 4.69) is 5.32 Å². The Balaban J connectivity index is 1.58. The molecule has 1 aliphatic rings. The summed E-state index contributed by atoms with van der Waals surface area (Å²) >= 11 is 0. The second-order valence-corrected chi connectivity index (χ2v) is 5.43. The lowest BCUT2D eigenvalue weighted by Gasteiger charge is -2.15. The van der Waals surface area contributed by atoms with Gasteiger partial charge in [-0.3, -0.25) is 14.4 Å². The number of esters is 1. The van der Waals surface area contributed by atoms with Gasteiger partial charge in [0.05, 0.1) is 0 Å². The first kappa shape index (κ1) is 17.3. The molecular formula is C18H16N2O6. The molecule has 1 atom stereocenters. The molecule has 0 unspecified atom stereocenters. The first-order chi connectivity index (χ1) is 12.5. The summed E-state index contributed by atoms with van der Waals surface area (Å²) in [7, 11) is 0. The van der Waals surface area contributed by atoms with Gasteiger partial charge in [-0.25, -0.2) is 0 Å². The molecule has 134 valence electrons. The molecule has 0 radical (unpaired) electrons. The number of amides is 2. The lowest BCUT2D eigenvalue weighted by molar-refractivity contribution is -0.154. The van der Waals surface area contributed by atoms with E-state index in [-0.39, 0.29) is 6.79 Å². The maximum absolute atomic E-state index is 12.1. The Morgan fingerprint density at radius 3 is 2.54 bits per heavy atom. The minimum absolute atomic E-state index is 0.0979. The van der Waals surface area contributed by atoms with Gasteiger partial charge in [0.15, 0.2) is 11.5 Å². The maximum atomic E-state index is 12.1. The molecule has 0 saturated heterocycles. The Morgan fingerprint density at radius 2 is 1.81 bits per heavy atom. The number of benzene rings is 2. The Kier molecular flexibility index (Phi) is 5.02. The Bertz CT molecular complexity index is 837. The first-order valence-electron chi connectivity index (χ1n) is 7.76. The molecule has 0 aliphatic carbocycles. The number of hydrogen-bond acceptors (Lipinski definition) is 6. The normalized spacial score (nSPS) is 12.9. The van der Waals surface area contributed by atoms with Crippen LogP contribution >= 0.6 is 0 Å². The summed E-state index contributed by atoms with van der Waals surface area (Å²) in [6.07, 6.45) is -1.22. The van der Waals surface area contributed by atoms with Crippen LogP contribution < -0.4 is 20.5 Å². The zero-order valence-electron chi connectivity index (χ0n) is 13.6. The second-order valence-electron chi connectivity index (χ2n) is 5.43. The van der Waals surface area contributed by atoms with Crippen molar-refractivity contribution in [3.8, 4) is 11.5 Å². The molecule has 2 aromatic carbocycles. The van der Waals surface area contributed by atoms with Crippen molar-refractivity contribution in [1.82, 2.24) is 5.32 Å². The number of primary amides is 1. The summed E-state index contributed by atoms with van der Waals surface area (Å²) in [4.78, 5) is 35.6. The number of fused-ring (bicyclic) bond motifs is 1. The van der Waals surface area contributed by atoms with Crippen LogP contribution in [0.2, 0.25) is 0 Å². The van der Waals surface area contributed by atoms with Crippen LogP contribution in [-0.2, 0) is 14.3 Å². The molecule has 2 amide bonds. The van der Waals surface area contributed by atoms with Crippen molar-refractivity contribution >= 4 is 17.8 Å². The third kappa shape index (κ3) is 3.92. The Morgan fingerprint density at radius 1 is 1.08 bits per heavy atom. The highest BCUT2D eigenvalue weighted by Gasteiger charge is 2.23. The van der Waals surface area contributed by atoms with E-state index in [1.165, 1.54) is 6.07 Å². The zero-order valence-corrected chi connectivity index (χ0v) is 13.6. The number of nitrogens with one attached hydrogen (secondary N) is 1. The SMILES string of the molecule is NC(=O)[C@H](OC(=O)CNC(=O)c1ccc2c(c1)OCO2)c1ccccc1. The van der Waals surface area contributed by atoms with Crippen LogP contribution in [0.5, 0.6) is 11.5 Å². The minimum Gasteiger partial charge on any atom is -0.454 e. The van der Waals surface area contributed by atoms with Crippen LogP contribution in [0.4, 0.5) is 0 Å². The van der Waals surface area contributed by atoms with Gasteiger partial charge in [-0.15, -0.1) is 0 Å². The van der Waals surface area contributed by atoms with E-state index in [4.69, 9.17) is 19.9 Å². The number of carbonyl (C=O) groups excluding carboxylic acids is 3. The van der Waals surface area contributed by atoms with Crippen LogP contribution in [0.15, 0.2) is 48.5 Å². The molecule has 26 heavy (non-hydrogen) atoms. The van der Waals surface area contributed by atoms with Crippen LogP contribution in [-0.4, -0.2) is 31.1 Å². The van der Waals surface area contributed by atoms with Crippen molar-refractivity contribution in [3.63, 3.8) is 0 Å². The third-order valence-electron chi connectivity index (χ3n) is 3.64. The maximum Gasteiger partial charge on any atom is 0.326 e. The van der Waals surface area contributed by atoms with Crippen molar-refractivity contribution in [2.45, 2.75) is 6.10 Å². The summed E-state index contributed by atoms with van der Waals surface area (Å²) in [5, 5.41) is 2.42. The number of carbonyl (C=O) groups is 3. The molecular weight excluding hydrogens is 340 g/mol. The van der Waals surface area contributed by atoms with Gasteiger partial charge in [0.1, 0.15) is 6.54 Å². The van der Waals surface area contributed by atoms with Crippen molar-refractivity contribution in [2.24, 2.45) is 5.73 Å². The molecule has 3 N–H and O–H groups in total. The largest absolute Gasteiger partial charge is 0.454 e. The average Bonchev–Trinajstić information content (AvgIpc) is 3.12. The molecule has 8 nitrogen and oxygen atoms in total. The van der Waals surface area contributed by atoms with Crippen LogP contribution in [0.3, 0.4) is 0 Å². The van der Waals surface area contributed by atoms with Gasteiger partial charge < -0.3 is 25.3 Å². The molecule has 0 spiro atoms. The van der Waals surface area contributed by atoms with Crippen LogP contribution in [0.25, 0.3) is 0 Å². The number of nitrogens with two attached hydrogens (primary N) is 1. The predicted molar refractivity (Wildman–Crippen MR) is 89.4 cm³/mol. The molecule has 0 saturated carbocycles. The second kappa shape index (κ2) is 7.56. The molecule has 8 heteroatoms. The van der Waals surface area contributed by atoms with Crippen LogP contribution in [0, 0.1) is 0 Å². The van der Waals surface area contributed by atoms with Crippen molar-refractivity contribution in [2.75, 3.05) is 13.3 Å². The van der Waals surface area contributed by atoms with E-state index in [1.807, 2.05) is 0 Å². The van der Waals surface area contributed by atoms with Crippen molar-refractivity contribution in [3.05, 3.63) is 59.7 Å². The molecule has 2 aromatic rings. The summed E-state index contributed by atoms with van der Waals surface area (Å²) < 4.78 is 15.5. The monoisotopic (exact) mass is 356 g/mol. The van der Waals surface area contributed by atoms with Crippen molar-refractivity contribution in [1.29, 1.82) is 0 Å². The molecule has 0 aromatic heterocycles. The highest BCUT2D eigenvalue weighted by molar-refractivity contribution is 5.96. The Labute approximate surface area is 148 Å². The minimum atomic E-state index is -1.22.